The van der Waals surface area contributed by atoms with Gasteiger partial charge in [0, 0.05) is 11.8 Å². The minimum Gasteiger partial charge on any atom is -0.299 e. The van der Waals surface area contributed by atoms with Gasteiger partial charge in [0.2, 0.25) is 0 Å². The molecule has 0 amide bonds. The van der Waals surface area contributed by atoms with Crippen molar-refractivity contribution in [3.05, 3.63) is 0 Å². The molecule has 0 bridgehead atoms. The number of thioether (sulfide) groups is 1. The average Bonchev–Trinajstić information content (AvgIpc) is 1.99. The lowest BCUT2D eigenvalue weighted by Crippen LogP contribution is -2.41. The molecule has 78 valence electrons. The maximum atomic E-state index is 5.41. The summed E-state index contributed by atoms with van der Waals surface area (Å²) in [5.74, 6) is 2.45. The molecule has 0 aromatic heterocycles. The lowest BCUT2D eigenvalue weighted by molar-refractivity contribution is -0.0289. The Bertz CT molecular complexity index is 159. The molecule has 1 saturated heterocycles. The van der Waals surface area contributed by atoms with Crippen LogP contribution < -0.4 is 5.48 Å². The van der Waals surface area contributed by atoms with Crippen molar-refractivity contribution in [1.82, 2.24) is 5.48 Å². The molecule has 1 heterocycles. The van der Waals surface area contributed by atoms with E-state index in [1.54, 1.807) is 0 Å². The standard InChI is InChI=1S/C10H21NOS/c1-8(2)12-11-9-5-10(3,4)7-13-6-9/h8-9,11H,5-7H2,1-4H3. The Morgan fingerprint density at radius 3 is 2.69 bits per heavy atom. The molecule has 0 radical (unpaired) electrons. The fourth-order valence-corrected chi connectivity index (χ4v) is 2.83. The smallest absolute Gasteiger partial charge is 0.0734 e. The van der Waals surface area contributed by atoms with Gasteiger partial charge < -0.3 is 0 Å². The first kappa shape index (κ1) is 11.3. The highest BCUT2D eigenvalue weighted by Crippen LogP contribution is 2.33. The van der Waals surface area contributed by atoms with E-state index < -0.39 is 0 Å². The Morgan fingerprint density at radius 2 is 2.15 bits per heavy atom. The minimum atomic E-state index is 0.273. The largest absolute Gasteiger partial charge is 0.299 e. The second kappa shape index (κ2) is 4.67. The maximum Gasteiger partial charge on any atom is 0.0734 e. The maximum absolute atomic E-state index is 5.41. The first-order valence-corrected chi connectivity index (χ1v) is 6.14. The highest BCUT2D eigenvalue weighted by molar-refractivity contribution is 7.99. The molecule has 1 fully saturated rings. The molecular formula is C10H21NOS. The van der Waals surface area contributed by atoms with E-state index in [4.69, 9.17) is 4.84 Å². The second-order valence-electron chi connectivity index (χ2n) is 4.86. The van der Waals surface area contributed by atoms with E-state index >= 15 is 0 Å². The van der Waals surface area contributed by atoms with Crippen LogP contribution in [0.1, 0.15) is 34.1 Å². The number of nitrogens with one attached hydrogen (secondary N) is 1. The quantitative estimate of drug-likeness (QED) is 0.712. The fourth-order valence-electron chi connectivity index (χ4n) is 1.57. The zero-order chi connectivity index (χ0) is 9.90. The van der Waals surface area contributed by atoms with Crippen molar-refractivity contribution in [1.29, 1.82) is 0 Å². The summed E-state index contributed by atoms with van der Waals surface area (Å²) in [6.45, 7) is 8.74. The van der Waals surface area contributed by atoms with Gasteiger partial charge in [-0.15, -0.1) is 0 Å². The Balaban J connectivity index is 2.26. The monoisotopic (exact) mass is 203 g/mol. The van der Waals surface area contributed by atoms with Crippen molar-refractivity contribution in [3.8, 4) is 0 Å². The van der Waals surface area contributed by atoms with E-state index in [1.165, 1.54) is 17.9 Å². The molecule has 1 atom stereocenters. The lowest BCUT2D eigenvalue weighted by Gasteiger charge is -2.35. The molecular weight excluding hydrogens is 182 g/mol. The van der Waals surface area contributed by atoms with Crippen LogP contribution in [0.2, 0.25) is 0 Å². The molecule has 1 aliphatic heterocycles. The molecule has 1 unspecified atom stereocenters. The summed E-state index contributed by atoms with van der Waals surface area (Å²) in [6, 6.07) is 0.524. The third-order valence-corrected chi connectivity index (χ3v) is 3.70. The van der Waals surface area contributed by atoms with Crippen LogP contribution in [-0.2, 0) is 4.84 Å². The van der Waals surface area contributed by atoms with Gasteiger partial charge in [-0.25, -0.2) is 0 Å². The molecule has 3 heteroatoms. The van der Waals surface area contributed by atoms with E-state index in [9.17, 15) is 0 Å². The van der Waals surface area contributed by atoms with Crippen LogP contribution in [0.25, 0.3) is 0 Å². The van der Waals surface area contributed by atoms with Crippen LogP contribution in [0.15, 0.2) is 0 Å². The van der Waals surface area contributed by atoms with Crippen LogP contribution >= 0.6 is 11.8 Å². The van der Waals surface area contributed by atoms with E-state index in [2.05, 4.69) is 19.3 Å². The Kier molecular flexibility index (Phi) is 4.07. The predicted molar refractivity (Wildman–Crippen MR) is 58.9 cm³/mol. The predicted octanol–water partition coefficient (Wildman–Crippen LogP) is 2.45. The number of rotatable bonds is 3. The third-order valence-electron chi connectivity index (χ3n) is 2.08. The van der Waals surface area contributed by atoms with Crippen molar-refractivity contribution in [3.63, 3.8) is 0 Å². The summed E-state index contributed by atoms with van der Waals surface area (Å²) in [4.78, 5) is 5.41. The van der Waals surface area contributed by atoms with Crippen molar-refractivity contribution >= 4 is 11.8 Å². The highest BCUT2D eigenvalue weighted by atomic mass is 32.2. The molecule has 1 rings (SSSR count). The van der Waals surface area contributed by atoms with Crippen LogP contribution in [0, 0.1) is 5.41 Å². The molecule has 0 aromatic rings. The zero-order valence-corrected chi connectivity index (χ0v) is 9.91. The van der Waals surface area contributed by atoms with E-state index in [1.807, 2.05) is 25.6 Å². The SMILES string of the molecule is CC(C)ONC1CSCC(C)(C)C1. The minimum absolute atomic E-state index is 0.273. The number of hydrogen-bond donors (Lipinski definition) is 1. The third kappa shape index (κ3) is 4.34. The molecule has 2 nitrogen and oxygen atoms in total. The zero-order valence-electron chi connectivity index (χ0n) is 9.09. The van der Waals surface area contributed by atoms with Gasteiger partial charge in [0.1, 0.15) is 0 Å². The Labute approximate surface area is 85.8 Å². The summed E-state index contributed by atoms with van der Waals surface area (Å²) in [7, 11) is 0. The molecule has 0 saturated carbocycles. The van der Waals surface area contributed by atoms with Crippen molar-refractivity contribution in [2.24, 2.45) is 5.41 Å². The van der Waals surface area contributed by atoms with Gasteiger partial charge in [0.15, 0.2) is 0 Å². The summed E-state index contributed by atoms with van der Waals surface area (Å²) >= 11 is 2.02. The molecule has 0 spiro atoms. The first-order valence-electron chi connectivity index (χ1n) is 4.98. The van der Waals surface area contributed by atoms with Crippen molar-refractivity contribution < 1.29 is 4.84 Å². The lowest BCUT2D eigenvalue weighted by atomic mass is 9.88. The molecule has 0 aromatic carbocycles. The van der Waals surface area contributed by atoms with Crippen molar-refractivity contribution in [2.45, 2.75) is 46.3 Å². The molecule has 1 aliphatic rings. The molecule has 0 aliphatic carbocycles. The Morgan fingerprint density at radius 1 is 1.46 bits per heavy atom. The van der Waals surface area contributed by atoms with Gasteiger partial charge in [0.25, 0.3) is 0 Å². The second-order valence-corrected chi connectivity index (χ2v) is 5.90. The topological polar surface area (TPSA) is 21.3 Å². The molecule has 13 heavy (non-hydrogen) atoms. The molecule has 1 N–H and O–H groups in total. The van der Waals surface area contributed by atoms with E-state index in [0.29, 0.717) is 11.5 Å². The van der Waals surface area contributed by atoms with Gasteiger partial charge in [0.05, 0.1) is 6.10 Å². The van der Waals surface area contributed by atoms with Crippen LogP contribution in [0.4, 0.5) is 0 Å². The summed E-state index contributed by atoms with van der Waals surface area (Å²) in [5.41, 5.74) is 3.62. The average molecular weight is 203 g/mol. The van der Waals surface area contributed by atoms with Gasteiger partial charge in [-0.2, -0.15) is 17.2 Å². The van der Waals surface area contributed by atoms with Crippen molar-refractivity contribution in [2.75, 3.05) is 11.5 Å². The highest BCUT2D eigenvalue weighted by Gasteiger charge is 2.28. The van der Waals surface area contributed by atoms with Crippen LogP contribution in [0.5, 0.6) is 0 Å². The summed E-state index contributed by atoms with van der Waals surface area (Å²) < 4.78 is 0. The van der Waals surface area contributed by atoms with Crippen LogP contribution in [-0.4, -0.2) is 23.7 Å². The van der Waals surface area contributed by atoms with E-state index in [0.717, 1.165) is 0 Å². The van der Waals surface area contributed by atoms with Gasteiger partial charge in [-0.1, -0.05) is 13.8 Å². The Hall–Kier alpha value is 0.270. The summed E-state index contributed by atoms with van der Waals surface area (Å²) in [6.07, 6.45) is 1.49. The van der Waals surface area contributed by atoms with Gasteiger partial charge in [-0.3, -0.25) is 4.84 Å². The fraction of sp³-hybridized carbons (Fsp3) is 1.00. The number of hydroxylamine groups is 1. The van der Waals surface area contributed by atoms with Gasteiger partial charge >= 0.3 is 0 Å². The van der Waals surface area contributed by atoms with E-state index in [-0.39, 0.29) is 6.10 Å². The van der Waals surface area contributed by atoms with Crippen LogP contribution in [0.3, 0.4) is 0 Å². The first-order chi connectivity index (χ1) is 5.99. The summed E-state index contributed by atoms with van der Waals surface area (Å²) in [5, 5.41) is 0. The van der Waals surface area contributed by atoms with Gasteiger partial charge in [-0.05, 0) is 31.4 Å². The normalized spacial score (nSPS) is 27.9. The number of hydrogen-bond acceptors (Lipinski definition) is 3.